The molecule has 4 rings (SSSR count). The maximum absolute atomic E-state index is 14.7. The number of hydrogen-bond donors (Lipinski definition) is 5. The molecule has 0 bridgehead atoms. The Kier molecular flexibility index (Phi) is 10.7. The van der Waals surface area contributed by atoms with Crippen molar-refractivity contribution in [2.75, 3.05) is 51.0 Å². The van der Waals surface area contributed by atoms with Gasteiger partial charge in [-0.3, -0.25) is 4.79 Å². The number of hydrogen-bond acceptors (Lipinski definition) is 6. The van der Waals surface area contributed by atoms with Gasteiger partial charge in [0.15, 0.2) is 0 Å². The predicted molar refractivity (Wildman–Crippen MR) is 165 cm³/mol. The Bertz CT molecular complexity index is 1580. The number of urea groups is 1. The van der Waals surface area contributed by atoms with Gasteiger partial charge in [-0.25, -0.2) is 9.18 Å². The molecule has 0 spiro atoms. The number of piperidine rings is 1. The number of carbonyl (C=O) groups is 2. The van der Waals surface area contributed by atoms with Gasteiger partial charge in [0, 0.05) is 42.3 Å². The van der Waals surface area contributed by atoms with Crippen LogP contribution in [0, 0.1) is 11.8 Å². The number of benzene rings is 2. The number of nitrogens with zero attached hydrogens (tertiary/aromatic N) is 2. The molecular formula is C31H37F4N7O3. The van der Waals surface area contributed by atoms with Crippen molar-refractivity contribution in [3.05, 3.63) is 53.7 Å². The number of halogens is 4. The van der Waals surface area contributed by atoms with E-state index in [0.717, 1.165) is 4.57 Å². The zero-order valence-corrected chi connectivity index (χ0v) is 25.2. The average molecular weight is 632 g/mol. The lowest BCUT2D eigenvalue weighted by atomic mass is 10.0. The molecule has 3 atom stereocenters. The van der Waals surface area contributed by atoms with Crippen LogP contribution in [0.1, 0.15) is 29.4 Å². The number of alkyl halides is 4. The van der Waals surface area contributed by atoms with Gasteiger partial charge in [-0.1, -0.05) is 12.0 Å². The van der Waals surface area contributed by atoms with Gasteiger partial charge < -0.3 is 41.2 Å². The summed E-state index contributed by atoms with van der Waals surface area (Å²) in [4.78, 5) is 25.4. The number of nitrogens with two attached hydrogens (primary N) is 1. The Morgan fingerprint density at radius 3 is 2.64 bits per heavy atom. The Hall–Kier alpha value is -4.64. The summed E-state index contributed by atoms with van der Waals surface area (Å²) < 4.78 is 62.0. The van der Waals surface area contributed by atoms with E-state index in [-0.39, 0.29) is 37.3 Å². The molecule has 3 aromatic rings. The van der Waals surface area contributed by atoms with Crippen molar-refractivity contribution in [1.82, 2.24) is 20.1 Å². The van der Waals surface area contributed by atoms with E-state index < -0.39 is 31.0 Å². The minimum Gasteiger partial charge on any atom is -0.495 e. The number of methoxy groups -OCH3 is 1. The Labute approximate surface area is 258 Å². The highest BCUT2D eigenvalue weighted by Gasteiger charge is 2.31. The fourth-order valence-corrected chi connectivity index (χ4v) is 5.18. The number of rotatable bonds is 10. The fourth-order valence-electron chi connectivity index (χ4n) is 5.18. The second-order valence-electron chi connectivity index (χ2n) is 11.0. The Balaban J connectivity index is 1.50. The highest BCUT2D eigenvalue weighted by Crippen LogP contribution is 2.32. The van der Waals surface area contributed by atoms with Crippen molar-refractivity contribution in [3.8, 4) is 17.6 Å². The molecule has 1 saturated heterocycles. The summed E-state index contributed by atoms with van der Waals surface area (Å²) in [6, 6.07) is 9.77. The normalized spacial score (nSPS) is 17.6. The van der Waals surface area contributed by atoms with E-state index in [2.05, 4.69) is 33.1 Å². The summed E-state index contributed by atoms with van der Waals surface area (Å²) in [5, 5.41) is 12.0. The third-order valence-corrected chi connectivity index (χ3v) is 7.37. The van der Waals surface area contributed by atoms with Crippen LogP contribution in [-0.2, 0) is 6.54 Å². The molecule has 3 amide bonds. The van der Waals surface area contributed by atoms with Crippen molar-refractivity contribution in [2.24, 2.45) is 5.73 Å². The minimum atomic E-state index is -4.49. The number of aromatic nitrogens is 1. The van der Waals surface area contributed by atoms with E-state index >= 15 is 0 Å². The standard InChI is InChI=1S/C31H37F4N7O3/c1-19(39-30(36)44)16-38-29(43)20-9-10-26(28(14-20)45-3)37-12-5-6-21-15-22-24(40-25-11-13-41(2)17-23(25)32)7-4-8-27(22)42(21)18-31(33,34)35/h4,7-10,14-15,19,23,25,37,40H,11-13,16-18H2,1-3H3,(H,38,43)(H3,36,39,44)/t19-,23+,25-/m1/s1. The molecule has 6 N–H and O–H groups in total. The van der Waals surface area contributed by atoms with Crippen molar-refractivity contribution >= 4 is 34.2 Å². The number of primary amides is 1. The van der Waals surface area contributed by atoms with E-state index in [4.69, 9.17) is 10.5 Å². The molecule has 0 radical (unpaired) electrons. The lowest BCUT2D eigenvalue weighted by Gasteiger charge is -2.33. The van der Waals surface area contributed by atoms with E-state index in [1.54, 1.807) is 43.3 Å². The van der Waals surface area contributed by atoms with Crippen LogP contribution in [0.5, 0.6) is 5.75 Å². The number of ether oxygens (including phenoxy) is 1. The molecule has 45 heavy (non-hydrogen) atoms. The number of fused-ring (bicyclic) bond motifs is 1. The van der Waals surface area contributed by atoms with E-state index in [0.29, 0.717) is 46.6 Å². The van der Waals surface area contributed by atoms with Gasteiger partial charge in [-0.05, 0) is 62.7 Å². The van der Waals surface area contributed by atoms with Gasteiger partial charge in [0.05, 0.1) is 36.6 Å². The number of amides is 3. The third kappa shape index (κ3) is 8.95. The zero-order valence-electron chi connectivity index (χ0n) is 25.2. The third-order valence-electron chi connectivity index (χ3n) is 7.37. The van der Waals surface area contributed by atoms with E-state index in [1.165, 1.54) is 13.2 Å². The maximum atomic E-state index is 14.7. The topological polar surface area (TPSA) is 126 Å². The molecule has 1 aromatic heterocycles. The second kappa shape index (κ2) is 14.4. The number of nitrogens with one attached hydrogen (secondary N) is 4. The van der Waals surface area contributed by atoms with Gasteiger partial charge in [0.1, 0.15) is 18.5 Å². The maximum Gasteiger partial charge on any atom is 0.406 e. The summed E-state index contributed by atoms with van der Waals surface area (Å²) in [6.45, 7) is 1.68. The molecule has 1 fully saturated rings. The summed E-state index contributed by atoms with van der Waals surface area (Å²) in [5.41, 5.74) is 6.98. The fraction of sp³-hybridized carbons (Fsp3) is 0.419. The Morgan fingerprint density at radius 2 is 1.96 bits per heavy atom. The van der Waals surface area contributed by atoms with E-state index in [9.17, 15) is 27.2 Å². The van der Waals surface area contributed by atoms with Gasteiger partial charge in [0.25, 0.3) is 5.91 Å². The first-order valence-electron chi connectivity index (χ1n) is 14.4. The average Bonchev–Trinajstić information content (AvgIpc) is 3.31. The quantitative estimate of drug-likeness (QED) is 0.171. The molecule has 0 aliphatic carbocycles. The van der Waals surface area contributed by atoms with Crippen LogP contribution in [-0.4, -0.2) is 86.2 Å². The van der Waals surface area contributed by atoms with Gasteiger partial charge in [0.2, 0.25) is 0 Å². The van der Waals surface area contributed by atoms with Crippen LogP contribution < -0.4 is 31.7 Å². The molecule has 14 heteroatoms. The van der Waals surface area contributed by atoms with Crippen LogP contribution in [0.4, 0.5) is 33.7 Å². The number of carbonyl (C=O) groups excluding carboxylic acids is 2. The van der Waals surface area contributed by atoms with Crippen molar-refractivity contribution in [2.45, 2.75) is 44.3 Å². The summed E-state index contributed by atoms with van der Waals surface area (Å²) in [7, 11) is 3.28. The molecular weight excluding hydrogens is 594 g/mol. The van der Waals surface area contributed by atoms with E-state index in [1.807, 2.05) is 11.9 Å². The molecule has 2 heterocycles. The van der Waals surface area contributed by atoms with Crippen LogP contribution in [0.2, 0.25) is 0 Å². The van der Waals surface area contributed by atoms with Gasteiger partial charge >= 0.3 is 12.2 Å². The highest BCUT2D eigenvalue weighted by atomic mass is 19.4. The van der Waals surface area contributed by atoms with Gasteiger partial charge in [-0.15, -0.1) is 0 Å². The molecule has 0 saturated carbocycles. The Morgan fingerprint density at radius 1 is 1.18 bits per heavy atom. The summed E-state index contributed by atoms with van der Waals surface area (Å²) in [5.74, 6) is 5.69. The zero-order chi connectivity index (χ0) is 32.7. The highest BCUT2D eigenvalue weighted by molar-refractivity contribution is 5.95. The second-order valence-corrected chi connectivity index (χ2v) is 11.0. The first-order chi connectivity index (χ1) is 21.3. The first kappa shape index (κ1) is 33.3. The molecule has 2 aromatic carbocycles. The molecule has 10 nitrogen and oxygen atoms in total. The summed E-state index contributed by atoms with van der Waals surface area (Å²) in [6.07, 6.45) is -5.03. The van der Waals surface area contributed by atoms with Crippen LogP contribution in [0.15, 0.2) is 42.5 Å². The van der Waals surface area contributed by atoms with Crippen LogP contribution >= 0.6 is 0 Å². The van der Waals surface area contributed by atoms with Crippen LogP contribution in [0.25, 0.3) is 10.9 Å². The number of anilines is 2. The van der Waals surface area contributed by atoms with Gasteiger partial charge in [-0.2, -0.15) is 13.2 Å². The predicted octanol–water partition coefficient (Wildman–Crippen LogP) is 3.92. The molecule has 0 unspecified atom stereocenters. The van der Waals surface area contributed by atoms with Crippen molar-refractivity contribution < 1.29 is 31.9 Å². The van der Waals surface area contributed by atoms with Crippen molar-refractivity contribution in [3.63, 3.8) is 0 Å². The minimum absolute atomic E-state index is 0.0655. The smallest absolute Gasteiger partial charge is 0.406 e. The molecule has 1 aliphatic rings. The molecule has 1 aliphatic heterocycles. The lowest BCUT2D eigenvalue weighted by Crippen LogP contribution is -2.46. The summed E-state index contributed by atoms with van der Waals surface area (Å²) >= 11 is 0. The monoisotopic (exact) mass is 631 g/mol. The first-order valence-corrected chi connectivity index (χ1v) is 14.4. The molecule has 242 valence electrons. The largest absolute Gasteiger partial charge is 0.495 e. The SMILES string of the molecule is COc1cc(C(=O)NC[C@@H](C)NC(N)=O)ccc1NCC#Cc1cc2c(N[C@@H]3CCN(C)C[C@@H]3F)cccc2n1CC(F)(F)F. The lowest BCUT2D eigenvalue weighted by molar-refractivity contribution is -0.140. The van der Waals surface area contributed by atoms with Crippen LogP contribution in [0.3, 0.4) is 0 Å². The number of likely N-dealkylation sites (tertiary alicyclic amines) is 1. The van der Waals surface area contributed by atoms with Crippen molar-refractivity contribution in [1.29, 1.82) is 0 Å².